The van der Waals surface area contributed by atoms with Gasteiger partial charge in [0.2, 0.25) is 0 Å². The van der Waals surface area contributed by atoms with E-state index in [4.69, 9.17) is 4.74 Å². The van der Waals surface area contributed by atoms with Crippen LogP contribution >= 0.6 is 0 Å². The minimum atomic E-state index is -0.298. The summed E-state index contributed by atoms with van der Waals surface area (Å²) in [5.74, 6) is 0.126. The molecule has 0 unspecified atom stereocenters. The normalized spacial score (nSPS) is 10.8. The molecule has 0 radical (unpaired) electrons. The van der Waals surface area contributed by atoms with E-state index in [1.807, 2.05) is 0 Å². The Hall–Kier alpha value is -1.42. The van der Waals surface area contributed by atoms with Crippen LogP contribution < -0.4 is 5.32 Å². The maximum Gasteiger partial charge on any atom is 0.251 e. The Labute approximate surface area is 114 Å². The van der Waals surface area contributed by atoms with Crippen molar-refractivity contribution in [2.75, 3.05) is 19.8 Å². The molecule has 0 fully saturated rings. The van der Waals surface area contributed by atoms with Gasteiger partial charge < -0.3 is 10.1 Å². The number of hydrogen-bond acceptors (Lipinski definition) is 2. The van der Waals surface area contributed by atoms with Crippen molar-refractivity contribution in [1.82, 2.24) is 5.32 Å². The number of benzene rings is 1. The Morgan fingerprint density at radius 2 is 2.11 bits per heavy atom. The maximum atomic E-state index is 13.1. The summed E-state index contributed by atoms with van der Waals surface area (Å²) in [6.45, 7) is 7.60. The quantitative estimate of drug-likeness (QED) is 0.771. The molecule has 0 aliphatic carbocycles. The molecule has 4 heteroatoms. The minimum Gasteiger partial charge on any atom is -0.380 e. The van der Waals surface area contributed by atoms with Crippen LogP contribution in [0, 0.1) is 18.7 Å². The van der Waals surface area contributed by atoms with E-state index in [1.165, 1.54) is 12.1 Å². The highest BCUT2D eigenvalue weighted by atomic mass is 19.1. The van der Waals surface area contributed by atoms with Gasteiger partial charge in [-0.05, 0) is 43.0 Å². The van der Waals surface area contributed by atoms with E-state index < -0.39 is 0 Å². The van der Waals surface area contributed by atoms with Crippen LogP contribution in [0.2, 0.25) is 0 Å². The fourth-order valence-electron chi connectivity index (χ4n) is 1.55. The second-order valence-electron chi connectivity index (χ2n) is 5.01. The first-order chi connectivity index (χ1) is 9.00. The summed E-state index contributed by atoms with van der Waals surface area (Å²) in [6.07, 6.45) is 1.02. The van der Waals surface area contributed by atoms with Crippen LogP contribution in [0.15, 0.2) is 18.2 Å². The molecule has 1 aromatic rings. The number of hydrogen-bond donors (Lipinski definition) is 1. The van der Waals surface area contributed by atoms with Crippen LogP contribution in [0.1, 0.15) is 36.2 Å². The van der Waals surface area contributed by atoms with Gasteiger partial charge in [0.1, 0.15) is 5.82 Å². The van der Waals surface area contributed by atoms with Crippen LogP contribution in [0.3, 0.4) is 0 Å². The number of nitrogens with one attached hydrogen (secondary N) is 1. The highest BCUT2D eigenvalue weighted by Crippen LogP contribution is 2.08. The van der Waals surface area contributed by atoms with E-state index in [9.17, 15) is 9.18 Å². The van der Waals surface area contributed by atoms with Crippen molar-refractivity contribution in [1.29, 1.82) is 0 Å². The van der Waals surface area contributed by atoms with Gasteiger partial charge in [-0.3, -0.25) is 4.79 Å². The molecular weight excluding hydrogens is 245 g/mol. The fraction of sp³-hybridized carbons (Fsp3) is 0.533. The third kappa shape index (κ3) is 5.83. The molecule has 0 atom stereocenters. The topological polar surface area (TPSA) is 38.3 Å². The summed E-state index contributed by atoms with van der Waals surface area (Å²) < 4.78 is 18.5. The average Bonchev–Trinajstić information content (AvgIpc) is 2.36. The smallest absolute Gasteiger partial charge is 0.251 e. The first-order valence-corrected chi connectivity index (χ1v) is 6.62. The fourth-order valence-corrected chi connectivity index (χ4v) is 1.55. The Morgan fingerprint density at radius 1 is 1.37 bits per heavy atom. The van der Waals surface area contributed by atoms with Crippen molar-refractivity contribution in [2.24, 2.45) is 5.92 Å². The molecule has 0 aromatic heterocycles. The summed E-state index contributed by atoms with van der Waals surface area (Å²) in [5, 5.41) is 2.75. The lowest BCUT2D eigenvalue weighted by Gasteiger charge is -2.08. The number of ether oxygens (including phenoxy) is 1. The molecule has 1 rings (SSSR count). The lowest BCUT2D eigenvalue weighted by molar-refractivity contribution is 0.0905. The SMILES string of the molecule is Cc1cc(C(=O)NCCOCCC(C)C)ccc1F. The van der Waals surface area contributed by atoms with Crippen LogP contribution in [0.4, 0.5) is 4.39 Å². The Bertz CT molecular complexity index is 419. The molecule has 0 saturated carbocycles. The number of carbonyl (C=O) groups is 1. The third-order valence-electron chi connectivity index (χ3n) is 2.79. The van der Waals surface area contributed by atoms with Crippen molar-refractivity contribution >= 4 is 5.91 Å². The zero-order valence-corrected chi connectivity index (χ0v) is 11.8. The summed E-state index contributed by atoms with van der Waals surface area (Å²) in [4.78, 5) is 11.8. The number of carbonyl (C=O) groups excluding carboxylic acids is 1. The number of rotatable bonds is 7. The number of amides is 1. The molecule has 19 heavy (non-hydrogen) atoms. The molecule has 0 aliphatic heterocycles. The molecule has 0 bridgehead atoms. The van der Waals surface area contributed by atoms with Crippen molar-refractivity contribution in [2.45, 2.75) is 27.2 Å². The van der Waals surface area contributed by atoms with Crippen molar-refractivity contribution in [3.05, 3.63) is 35.1 Å². The van der Waals surface area contributed by atoms with Gasteiger partial charge >= 0.3 is 0 Å². The average molecular weight is 267 g/mol. The minimum absolute atomic E-state index is 0.199. The molecule has 0 aliphatic rings. The van der Waals surface area contributed by atoms with E-state index in [0.717, 1.165) is 6.42 Å². The number of aryl methyl sites for hydroxylation is 1. The van der Waals surface area contributed by atoms with E-state index in [2.05, 4.69) is 19.2 Å². The molecule has 0 heterocycles. The molecule has 3 nitrogen and oxygen atoms in total. The predicted molar refractivity (Wildman–Crippen MR) is 73.7 cm³/mol. The summed E-state index contributed by atoms with van der Waals surface area (Å²) in [6, 6.07) is 4.34. The molecule has 1 amide bonds. The van der Waals surface area contributed by atoms with Gasteiger partial charge in [-0.2, -0.15) is 0 Å². The van der Waals surface area contributed by atoms with E-state index in [0.29, 0.717) is 36.8 Å². The molecule has 1 aromatic carbocycles. The predicted octanol–water partition coefficient (Wildman–Crippen LogP) is 2.93. The third-order valence-corrected chi connectivity index (χ3v) is 2.79. The first kappa shape index (κ1) is 15.6. The van der Waals surface area contributed by atoms with Crippen LogP contribution in [-0.2, 0) is 4.74 Å². The molecular formula is C15H22FNO2. The van der Waals surface area contributed by atoms with Gasteiger partial charge in [-0.1, -0.05) is 13.8 Å². The van der Waals surface area contributed by atoms with Gasteiger partial charge in [-0.25, -0.2) is 4.39 Å². The lowest BCUT2D eigenvalue weighted by Crippen LogP contribution is -2.27. The molecule has 0 spiro atoms. The monoisotopic (exact) mass is 267 g/mol. The zero-order valence-electron chi connectivity index (χ0n) is 11.8. The van der Waals surface area contributed by atoms with Crippen molar-refractivity contribution in [3.63, 3.8) is 0 Å². The van der Waals surface area contributed by atoms with E-state index in [-0.39, 0.29) is 11.7 Å². The first-order valence-electron chi connectivity index (χ1n) is 6.62. The van der Waals surface area contributed by atoms with Gasteiger partial charge in [0, 0.05) is 18.7 Å². The zero-order chi connectivity index (χ0) is 14.3. The summed E-state index contributed by atoms with van der Waals surface area (Å²) in [7, 11) is 0. The van der Waals surface area contributed by atoms with Gasteiger partial charge in [-0.15, -0.1) is 0 Å². The second kappa shape index (κ2) is 7.89. The van der Waals surface area contributed by atoms with Gasteiger partial charge in [0.05, 0.1) is 6.61 Å². The highest BCUT2D eigenvalue weighted by molar-refractivity contribution is 5.94. The lowest BCUT2D eigenvalue weighted by atomic mass is 10.1. The second-order valence-corrected chi connectivity index (χ2v) is 5.01. The van der Waals surface area contributed by atoms with E-state index >= 15 is 0 Å². The van der Waals surface area contributed by atoms with Gasteiger partial charge in [0.15, 0.2) is 0 Å². The van der Waals surface area contributed by atoms with Crippen LogP contribution in [0.25, 0.3) is 0 Å². The van der Waals surface area contributed by atoms with Gasteiger partial charge in [0.25, 0.3) is 5.91 Å². The van der Waals surface area contributed by atoms with Crippen molar-refractivity contribution in [3.8, 4) is 0 Å². The Kier molecular flexibility index (Phi) is 6.50. The molecule has 0 saturated heterocycles. The van der Waals surface area contributed by atoms with Crippen LogP contribution in [0.5, 0.6) is 0 Å². The Morgan fingerprint density at radius 3 is 2.74 bits per heavy atom. The molecule has 1 N–H and O–H groups in total. The standard InChI is InChI=1S/C15H22FNO2/c1-11(2)6-8-19-9-7-17-15(18)13-4-5-14(16)12(3)10-13/h4-5,10-11H,6-9H2,1-3H3,(H,17,18). The summed E-state index contributed by atoms with van der Waals surface area (Å²) >= 11 is 0. The summed E-state index contributed by atoms with van der Waals surface area (Å²) in [5.41, 5.74) is 0.946. The Balaban J connectivity index is 2.26. The largest absolute Gasteiger partial charge is 0.380 e. The highest BCUT2D eigenvalue weighted by Gasteiger charge is 2.06. The van der Waals surface area contributed by atoms with E-state index in [1.54, 1.807) is 13.0 Å². The maximum absolute atomic E-state index is 13.1. The van der Waals surface area contributed by atoms with Crippen molar-refractivity contribution < 1.29 is 13.9 Å². The number of halogens is 1. The molecule has 106 valence electrons. The van der Waals surface area contributed by atoms with Crippen LogP contribution in [-0.4, -0.2) is 25.7 Å².